The van der Waals surface area contributed by atoms with Gasteiger partial charge in [0.2, 0.25) is 5.91 Å². The molecule has 1 aromatic heterocycles. The molecule has 288 valence electrons. The number of amides is 5. The molecule has 12 nitrogen and oxygen atoms in total. The van der Waals surface area contributed by atoms with Crippen molar-refractivity contribution < 1.29 is 23.8 Å². The summed E-state index contributed by atoms with van der Waals surface area (Å²) in [6.07, 6.45) is 11.7. The molecule has 1 aliphatic heterocycles. The number of urea groups is 1. The fourth-order valence-corrected chi connectivity index (χ4v) is 9.64. The lowest BCUT2D eigenvalue weighted by molar-refractivity contribution is -0.125. The van der Waals surface area contributed by atoms with E-state index in [0.717, 1.165) is 68.1 Å². The van der Waals surface area contributed by atoms with Gasteiger partial charge in [-0.25, -0.2) is 9.42 Å². The SMILES string of the molecule is Cc1ccccc1NC(=O)C1(N2C[C@@H](C(C)C)NC2=O)Cc2ccc(NC(=O)[C@@H](NC(=O)c3nonc3C)C(C3CCCCC3)C3CCCCC3)cc2C1. The zero-order valence-electron chi connectivity index (χ0n) is 32.1. The Kier molecular flexibility index (Phi) is 11.1. The zero-order valence-corrected chi connectivity index (χ0v) is 32.1. The quantitative estimate of drug-likeness (QED) is 0.170. The molecule has 7 rings (SSSR count). The van der Waals surface area contributed by atoms with E-state index < -0.39 is 17.5 Å². The number of aromatic nitrogens is 2. The average molecular weight is 738 g/mol. The van der Waals surface area contributed by atoms with Gasteiger partial charge in [0.05, 0.1) is 6.04 Å². The fraction of sp³-hybridized carbons (Fsp3) is 0.571. The van der Waals surface area contributed by atoms with E-state index in [1.165, 1.54) is 12.8 Å². The molecule has 2 saturated carbocycles. The topological polar surface area (TPSA) is 159 Å². The van der Waals surface area contributed by atoms with E-state index >= 15 is 0 Å². The predicted octanol–water partition coefficient (Wildman–Crippen LogP) is 6.73. The van der Waals surface area contributed by atoms with Crippen LogP contribution in [0.25, 0.3) is 0 Å². The minimum absolute atomic E-state index is 0.0236. The molecule has 3 aromatic rings. The summed E-state index contributed by atoms with van der Waals surface area (Å²) in [5.41, 5.74) is 3.38. The molecule has 0 spiro atoms. The number of rotatable bonds is 11. The van der Waals surface area contributed by atoms with Gasteiger partial charge in [-0.2, -0.15) is 0 Å². The van der Waals surface area contributed by atoms with Gasteiger partial charge in [0.1, 0.15) is 17.3 Å². The summed E-state index contributed by atoms with van der Waals surface area (Å²) in [6, 6.07) is 12.3. The molecule has 2 heterocycles. The Bertz CT molecular complexity index is 1840. The van der Waals surface area contributed by atoms with Gasteiger partial charge < -0.3 is 26.2 Å². The third kappa shape index (κ3) is 7.61. The smallest absolute Gasteiger partial charge is 0.318 e. The number of benzene rings is 2. The first-order valence-electron chi connectivity index (χ1n) is 20.0. The van der Waals surface area contributed by atoms with Crippen molar-refractivity contribution in [3.63, 3.8) is 0 Å². The Labute approximate surface area is 317 Å². The first kappa shape index (κ1) is 37.6. The van der Waals surface area contributed by atoms with Gasteiger partial charge in [0.25, 0.3) is 11.8 Å². The van der Waals surface area contributed by atoms with Crippen LogP contribution >= 0.6 is 0 Å². The number of para-hydroxylation sites is 1. The van der Waals surface area contributed by atoms with E-state index in [4.69, 9.17) is 4.63 Å². The van der Waals surface area contributed by atoms with Gasteiger partial charge >= 0.3 is 6.03 Å². The normalized spacial score (nSPS) is 22.6. The molecule has 1 unspecified atom stereocenters. The summed E-state index contributed by atoms with van der Waals surface area (Å²) >= 11 is 0. The van der Waals surface area contributed by atoms with Gasteiger partial charge in [-0.3, -0.25) is 14.4 Å². The van der Waals surface area contributed by atoms with Gasteiger partial charge in [-0.1, -0.05) is 107 Å². The second-order valence-corrected chi connectivity index (χ2v) is 16.6. The minimum atomic E-state index is -1.16. The summed E-state index contributed by atoms with van der Waals surface area (Å²) in [5.74, 6) is -0.145. The number of nitrogens with zero attached hydrogens (tertiary/aromatic N) is 3. The van der Waals surface area contributed by atoms with Crippen LogP contribution in [0.2, 0.25) is 0 Å². The molecule has 3 aliphatic carbocycles. The fourth-order valence-electron chi connectivity index (χ4n) is 9.64. The van der Waals surface area contributed by atoms with E-state index in [-0.39, 0.29) is 41.4 Å². The summed E-state index contributed by atoms with van der Waals surface area (Å²) < 4.78 is 4.86. The Hall–Kier alpha value is -4.74. The second-order valence-electron chi connectivity index (χ2n) is 16.6. The standard InChI is InChI=1S/C42H55N7O5/c1-25(2)34-24-49(41(53)45-34)42(40(52)44-33-18-12-11-13-26(33)3)22-30-19-20-32(21-31(30)23-42)43-39(51)37(46-38(50)36-27(4)47-54-48-36)35(28-14-7-5-8-15-28)29-16-9-6-10-17-29/h11-13,18-21,25,28-29,34-35,37H,5-10,14-17,22-24H2,1-4H3,(H,43,51)(H,44,52)(H,45,53)(H,46,50)/t34-,37-,42?/m0/s1. The number of hydrogen-bond donors (Lipinski definition) is 4. The molecule has 0 radical (unpaired) electrons. The van der Waals surface area contributed by atoms with E-state index in [9.17, 15) is 19.2 Å². The highest BCUT2D eigenvalue weighted by atomic mass is 16.6. The molecule has 3 atom stereocenters. The third-order valence-corrected chi connectivity index (χ3v) is 12.7. The van der Waals surface area contributed by atoms with Crippen LogP contribution in [0.15, 0.2) is 47.1 Å². The second kappa shape index (κ2) is 15.9. The van der Waals surface area contributed by atoms with Crippen LogP contribution in [0.4, 0.5) is 16.2 Å². The molecule has 4 aliphatic rings. The number of aryl methyl sites for hydroxylation is 2. The molecule has 5 amide bonds. The molecule has 1 saturated heterocycles. The summed E-state index contributed by atoms with van der Waals surface area (Å²) in [4.78, 5) is 58.1. The molecule has 2 aromatic carbocycles. The third-order valence-electron chi connectivity index (χ3n) is 12.7. The van der Waals surface area contributed by atoms with Crippen molar-refractivity contribution in [1.29, 1.82) is 0 Å². The van der Waals surface area contributed by atoms with Gasteiger partial charge in [0, 0.05) is 30.8 Å². The van der Waals surface area contributed by atoms with E-state index in [0.29, 0.717) is 48.3 Å². The first-order chi connectivity index (χ1) is 26.0. The van der Waals surface area contributed by atoms with Crippen LogP contribution < -0.4 is 21.3 Å². The monoisotopic (exact) mass is 737 g/mol. The van der Waals surface area contributed by atoms with Crippen molar-refractivity contribution in [3.05, 3.63) is 70.5 Å². The van der Waals surface area contributed by atoms with Gasteiger partial charge in [0.15, 0.2) is 5.69 Å². The van der Waals surface area contributed by atoms with Crippen molar-refractivity contribution in [2.45, 2.75) is 122 Å². The van der Waals surface area contributed by atoms with Crippen molar-refractivity contribution in [2.24, 2.45) is 23.7 Å². The van der Waals surface area contributed by atoms with Crippen LogP contribution in [-0.2, 0) is 22.4 Å². The van der Waals surface area contributed by atoms with E-state index in [1.807, 2.05) is 49.4 Å². The molecular formula is C42H55N7O5. The number of carbonyl (C=O) groups excluding carboxylic acids is 4. The highest BCUT2D eigenvalue weighted by Crippen LogP contribution is 2.43. The predicted molar refractivity (Wildman–Crippen MR) is 206 cm³/mol. The minimum Gasteiger partial charge on any atom is -0.338 e. The van der Waals surface area contributed by atoms with Crippen LogP contribution in [0, 0.1) is 37.5 Å². The maximum Gasteiger partial charge on any atom is 0.318 e. The summed E-state index contributed by atoms with van der Waals surface area (Å²) in [5, 5.41) is 20.2. The van der Waals surface area contributed by atoms with Crippen molar-refractivity contribution >= 4 is 35.1 Å². The lowest BCUT2D eigenvalue weighted by Crippen LogP contribution is -2.59. The highest BCUT2D eigenvalue weighted by Gasteiger charge is 2.54. The number of hydrogen-bond acceptors (Lipinski definition) is 7. The zero-order chi connectivity index (χ0) is 38.0. The van der Waals surface area contributed by atoms with Crippen LogP contribution in [0.3, 0.4) is 0 Å². The number of nitrogens with one attached hydrogen (secondary N) is 4. The number of fused-ring (bicyclic) bond motifs is 1. The molecule has 54 heavy (non-hydrogen) atoms. The van der Waals surface area contributed by atoms with Crippen molar-refractivity contribution in [1.82, 2.24) is 25.8 Å². The van der Waals surface area contributed by atoms with Crippen LogP contribution in [0.1, 0.15) is 111 Å². The van der Waals surface area contributed by atoms with E-state index in [1.54, 1.807) is 11.8 Å². The molecule has 0 bridgehead atoms. The Morgan fingerprint density at radius 1 is 0.870 bits per heavy atom. The van der Waals surface area contributed by atoms with Crippen LogP contribution in [0.5, 0.6) is 0 Å². The highest BCUT2D eigenvalue weighted by molar-refractivity contribution is 6.03. The maximum absolute atomic E-state index is 14.6. The first-order valence-corrected chi connectivity index (χ1v) is 20.0. The molecular weight excluding hydrogens is 683 g/mol. The van der Waals surface area contributed by atoms with Crippen LogP contribution in [-0.4, -0.2) is 63.1 Å². The lowest BCUT2D eigenvalue weighted by Gasteiger charge is -2.41. The number of carbonyl (C=O) groups is 4. The molecule has 4 N–H and O–H groups in total. The van der Waals surface area contributed by atoms with Gasteiger partial charge in [-0.15, -0.1) is 0 Å². The Morgan fingerprint density at radius 2 is 1.54 bits per heavy atom. The number of anilines is 2. The summed E-state index contributed by atoms with van der Waals surface area (Å²) in [7, 11) is 0. The van der Waals surface area contributed by atoms with E-state index in [2.05, 4.69) is 45.4 Å². The average Bonchev–Trinajstić information content (AvgIpc) is 3.90. The van der Waals surface area contributed by atoms with Crippen molar-refractivity contribution in [2.75, 3.05) is 17.2 Å². The lowest BCUT2D eigenvalue weighted by atomic mass is 9.66. The Balaban J connectivity index is 1.18. The molecule has 3 fully saturated rings. The summed E-state index contributed by atoms with van der Waals surface area (Å²) in [6.45, 7) is 8.17. The largest absolute Gasteiger partial charge is 0.338 e. The molecule has 12 heteroatoms. The van der Waals surface area contributed by atoms with Crippen molar-refractivity contribution in [3.8, 4) is 0 Å². The maximum atomic E-state index is 14.6. The van der Waals surface area contributed by atoms with Gasteiger partial charge in [-0.05, 0) is 77.6 Å². The Morgan fingerprint density at radius 3 is 2.15 bits per heavy atom.